The molecule has 1 rings (SSSR count). The van der Waals surface area contributed by atoms with E-state index >= 15 is 0 Å². The van der Waals surface area contributed by atoms with Gasteiger partial charge in [-0.3, -0.25) is 4.79 Å². The lowest BCUT2D eigenvalue weighted by molar-refractivity contribution is -0.137. The summed E-state index contributed by atoms with van der Waals surface area (Å²) in [6.07, 6.45) is 0.956. The van der Waals surface area contributed by atoms with Crippen molar-refractivity contribution >= 4 is 17.7 Å². The van der Waals surface area contributed by atoms with E-state index in [0.29, 0.717) is 11.5 Å². The van der Waals surface area contributed by atoms with Gasteiger partial charge in [-0.15, -0.1) is 5.10 Å². The normalized spacial score (nSPS) is 12.6. The van der Waals surface area contributed by atoms with Crippen molar-refractivity contribution in [3.8, 4) is 0 Å². The molecule has 1 atom stereocenters. The fraction of sp³-hybridized carbons (Fsp3) is 0.750. The minimum Gasteiger partial charge on any atom is -0.480 e. The van der Waals surface area contributed by atoms with Gasteiger partial charge >= 0.3 is 5.97 Å². The summed E-state index contributed by atoms with van der Waals surface area (Å²) >= 11 is 1.42. The Morgan fingerprint density at radius 2 is 2.44 bits per heavy atom. The number of nitrogens with two attached hydrogens (primary N) is 1. The Hall–Kier alpha value is -1.15. The van der Waals surface area contributed by atoms with Gasteiger partial charge in [-0.05, 0) is 16.8 Å². The van der Waals surface area contributed by atoms with E-state index in [0.717, 1.165) is 18.8 Å². The molecule has 7 nitrogen and oxygen atoms in total. The number of aryl methyl sites for hydroxylation is 1. The molecule has 0 saturated heterocycles. The number of nitrogens with zero attached hydrogens (tertiary/aromatic N) is 4. The van der Waals surface area contributed by atoms with Crippen LogP contribution in [-0.4, -0.2) is 43.1 Å². The first-order chi connectivity index (χ1) is 7.65. The van der Waals surface area contributed by atoms with E-state index < -0.39 is 12.0 Å². The molecule has 3 N–H and O–H groups in total. The smallest absolute Gasteiger partial charge is 0.321 e. The number of hydrogen-bond acceptors (Lipinski definition) is 6. The third-order valence-corrected chi connectivity index (χ3v) is 2.94. The number of carboxylic acids is 1. The first kappa shape index (κ1) is 12.9. The third-order valence-electron chi connectivity index (χ3n) is 1.89. The molecule has 1 heterocycles. The van der Waals surface area contributed by atoms with Gasteiger partial charge in [0.2, 0.25) is 0 Å². The molecule has 16 heavy (non-hydrogen) atoms. The molecule has 0 bridgehead atoms. The van der Waals surface area contributed by atoms with E-state index in [4.69, 9.17) is 10.8 Å². The van der Waals surface area contributed by atoms with Crippen LogP contribution in [0.3, 0.4) is 0 Å². The summed E-state index contributed by atoms with van der Waals surface area (Å²) in [6.45, 7) is 2.81. The highest BCUT2D eigenvalue weighted by molar-refractivity contribution is 7.98. The Morgan fingerprint density at radius 1 is 1.69 bits per heavy atom. The summed E-state index contributed by atoms with van der Waals surface area (Å²) in [5.41, 5.74) is 5.37. The van der Waals surface area contributed by atoms with Crippen molar-refractivity contribution in [3.05, 3.63) is 5.82 Å². The summed E-state index contributed by atoms with van der Waals surface area (Å²) in [4.78, 5) is 10.5. The lowest BCUT2D eigenvalue weighted by atomic mass is 10.4. The fourth-order valence-electron chi connectivity index (χ4n) is 1.06. The molecule has 1 aromatic heterocycles. The van der Waals surface area contributed by atoms with Crippen LogP contribution in [-0.2, 0) is 17.1 Å². The van der Waals surface area contributed by atoms with Crippen LogP contribution in [0.2, 0.25) is 0 Å². The average Bonchev–Trinajstić information content (AvgIpc) is 2.66. The van der Waals surface area contributed by atoms with Crippen LogP contribution in [0, 0.1) is 0 Å². The molecule has 0 aliphatic heterocycles. The predicted molar refractivity (Wildman–Crippen MR) is 59.9 cm³/mol. The topological polar surface area (TPSA) is 107 Å². The van der Waals surface area contributed by atoms with Gasteiger partial charge in [0, 0.05) is 12.3 Å². The Morgan fingerprint density at radius 3 is 3.06 bits per heavy atom. The van der Waals surface area contributed by atoms with Crippen molar-refractivity contribution in [2.24, 2.45) is 5.73 Å². The number of aliphatic carboxylic acids is 1. The fourth-order valence-corrected chi connectivity index (χ4v) is 1.96. The lowest BCUT2D eigenvalue weighted by Crippen LogP contribution is -2.32. The van der Waals surface area contributed by atoms with Gasteiger partial charge in [-0.25, -0.2) is 4.68 Å². The van der Waals surface area contributed by atoms with Gasteiger partial charge in [-0.1, -0.05) is 6.92 Å². The minimum absolute atomic E-state index is 0.355. The highest BCUT2D eigenvalue weighted by Gasteiger charge is 2.12. The highest BCUT2D eigenvalue weighted by Crippen LogP contribution is 2.10. The molecule has 0 spiro atoms. The maximum absolute atomic E-state index is 10.5. The van der Waals surface area contributed by atoms with E-state index in [1.54, 1.807) is 4.68 Å². The molecule has 0 saturated carbocycles. The van der Waals surface area contributed by atoms with E-state index in [1.165, 1.54) is 11.8 Å². The van der Waals surface area contributed by atoms with Gasteiger partial charge in [0.25, 0.3) is 0 Å². The van der Waals surface area contributed by atoms with E-state index in [9.17, 15) is 4.79 Å². The van der Waals surface area contributed by atoms with Gasteiger partial charge in [-0.2, -0.15) is 11.8 Å². The molecule has 1 aromatic rings. The number of thioether (sulfide) groups is 1. The molecule has 0 unspecified atom stereocenters. The van der Waals surface area contributed by atoms with Crippen molar-refractivity contribution in [2.75, 3.05) is 5.75 Å². The summed E-state index contributed by atoms with van der Waals surface area (Å²) < 4.78 is 1.72. The van der Waals surface area contributed by atoms with E-state index in [2.05, 4.69) is 15.5 Å². The third kappa shape index (κ3) is 3.78. The number of aromatic nitrogens is 4. The van der Waals surface area contributed by atoms with Crippen molar-refractivity contribution in [1.82, 2.24) is 20.2 Å². The number of carbonyl (C=O) groups is 1. The van der Waals surface area contributed by atoms with E-state index in [-0.39, 0.29) is 0 Å². The summed E-state index contributed by atoms with van der Waals surface area (Å²) in [7, 11) is 0. The molecule has 0 aliphatic rings. The second-order valence-electron chi connectivity index (χ2n) is 3.28. The van der Waals surface area contributed by atoms with Crippen LogP contribution in [0.15, 0.2) is 0 Å². The van der Waals surface area contributed by atoms with Gasteiger partial charge in [0.05, 0.1) is 5.75 Å². The van der Waals surface area contributed by atoms with Crippen LogP contribution in [0.5, 0.6) is 0 Å². The zero-order chi connectivity index (χ0) is 12.0. The quantitative estimate of drug-likeness (QED) is 0.680. The zero-order valence-electron chi connectivity index (χ0n) is 9.04. The van der Waals surface area contributed by atoms with Crippen LogP contribution in [0.4, 0.5) is 0 Å². The number of hydrogen-bond donors (Lipinski definition) is 2. The average molecular weight is 245 g/mol. The van der Waals surface area contributed by atoms with Gasteiger partial charge in [0.15, 0.2) is 5.82 Å². The van der Waals surface area contributed by atoms with Crippen LogP contribution in [0.25, 0.3) is 0 Å². The number of tetrazole rings is 1. The largest absolute Gasteiger partial charge is 0.480 e. The van der Waals surface area contributed by atoms with Gasteiger partial charge < -0.3 is 10.8 Å². The first-order valence-electron chi connectivity index (χ1n) is 4.96. The monoisotopic (exact) mass is 245 g/mol. The lowest BCUT2D eigenvalue weighted by Gasteiger charge is -2.05. The molecule has 0 aromatic carbocycles. The maximum atomic E-state index is 10.5. The summed E-state index contributed by atoms with van der Waals surface area (Å²) in [6, 6.07) is -0.833. The summed E-state index contributed by atoms with van der Waals surface area (Å²) in [5.74, 6) is 0.701. The molecule has 90 valence electrons. The van der Waals surface area contributed by atoms with Crippen molar-refractivity contribution in [2.45, 2.75) is 31.7 Å². The Balaban J connectivity index is 2.36. The second kappa shape index (κ2) is 6.44. The van der Waals surface area contributed by atoms with Crippen molar-refractivity contribution in [1.29, 1.82) is 0 Å². The summed E-state index contributed by atoms with van der Waals surface area (Å²) in [5, 5.41) is 19.9. The number of rotatable bonds is 7. The minimum atomic E-state index is -0.986. The predicted octanol–water partition coefficient (Wildman–Crippen LogP) is -0.272. The molecule has 0 amide bonds. The highest BCUT2D eigenvalue weighted by atomic mass is 32.2. The molecule has 0 aliphatic carbocycles. The molecule has 0 fully saturated rings. The Kier molecular flexibility index (Phi) is 5.20. The zero-order valence-corrected chi connectivity index (χ0v) is 9.85. The van der Waals surface area contributed by atoms with Crippen molar-refractivity contribution in [3.63, 3.8) is 0 Å². The first-order valence-corrected chi connectivity index (χ1v) is 6.11. The molecular weight excluding hydrogens is 230 g/mol. The van der Waals surface area contributed by atoms with Crippen LogP contribution < -0.4 is 5.73 Å². The second-order valence-corrected chi connectivity index (χ2v) is 4.31. The van der Waals surface area contributed by atoms with Gasteiger partial charge in [0.1, 0.15) is 6.04 Å². The van der Waals surface area contributed by atoms with Crippen LogP contribution >= 0.6 is 11.8 Å². The SMILES string of the molecule is CCCn1nnnc1CSC[C@H](N)C(=O)O. The molecule has 8 heteroatoms. The molecular formula is C8H15N5O2S. The van der Waals surface area contributed by atoms with Crippen LogP contribution in [0.1, 0.15) is 19.2 Å². The Labute approximate surface area is 97.4 Å². The Bertz CT molecular complexity index is 343. The van der Waals surface area contributed by atoms with Crippen molar-refractivity contribution < 1.29 is 9.90 Å². The number of carboxylic acid groups (broad SMARTS) is 1. The molecule has 0 radical (unpaired) electrons. The van der Waals surface area contributed by atoms with E-state index in [1.807, 2.05) is 6.92 Å². The maximum Gasteiger partial charge on any atom is 0.321 e. The standard InChI is InChI=1S/C8H15N5O2S/c1-2-3-13-7(10-11-12-13)5-16-4-6(9)8(14)15/h6H,2-5,9H2,1H3,(H,14,15)/t6-/m0/s1.